The lowest BCUT2D eigenvalue weighted by Crippen LogP contribution is -1.92. The van der Waals surface area contributed by atoms with Gasteiger partial charge < -0.3 is 4.74 Å². The predicted octanol–water partition coefficient (Wildman–Crippen LogP) is 6.19. The SMILES string of the molecule is CCCc1cc(C=Cc2c(Cl)cccc2SC)ccc1OC. The van der Waals surface area contributed by atoms with Crippen molar-refractivity contribution in [1.29, 1.82) is 0 Å². The molecule has 3 heteroatoms. The Morgan fingerprint density at radius 3 is 2.68 bits per heavy atom. The molecule has 116 valence electrons. The average Bonchev–Trinajstić information content (AvgIpc) is 2.54. The highest BCUT2D eigenvalue weighted by Crippen LogP contribution is 2.29. The molecule has 0 aromatic heterocycles. The molecule has 2 aromatic carbocycles. The third-order valence-electron chi connectivity index (χ3n) is 3.50. The maximum atomic E-state index is 6.32. The highest BCUT2D eigenvalue weighted by Gasteiger charge is 2.04. The summed E-state index contributed by atoms with van der Waals surface area (Å²) in [6.45, 7) is 2.18. The van der Waals surface area contributed by atoms with E-state index >= 15 is 0 Å². The number of ether oxygens (including phenoxy) is 1. The van der Waals surface area contributed by atoms with Gasteiger partial charge in [-0.25, -0.2) is 0 Å². The summed E-state index contributed by atoms with van der Waals surface area (Å²) in [5.74, 6) is 0.960. The molecule has 0 bridgehead atoms. The van der Waals surface area contributed by atoms with E-state index in [4.69, 9.17) is 16.3 Å². The lowest BCUT2D eigenvalue weighted by atomic mass is 10.0. The maximum absolute atomic E-state index is 6.32. The molecule has 0 aliphatic heterocycles. The first-order valence-corrected chi connectivity index (χ1v) is 8.97. The van der Waals surface area contributed by atoms with Crippen molar-refractivity contribution < 1.29 is 4.74 Å². The minimum absolute atomic E-state index is 0.783. The average molecular weight is 333 g/mol. The highest BCUT2D eigenvalue weighted by molar-refractivity contribution is 7.98. The molecule has 0 aliphatic rings. The van der Waals surface area contributed by atoms with Crippen LogP contribution in [0.1, 0.15) is 30.0 Å². The molecule has 0 saturated heterocycles. The standard InChI is InChI=1S/C19H21ClOS/c1-4-6-15-13-14(10-12-18(15)21-2)9-11-16-17(20)7-5-8-19(16)22-3/h5,7-13H,4,6H2,1-3H3. The Bertz CT molecular complexity index is 664. The van der Waals surface area contributed by atoms with Crippen LogP contribution in [0.25, 0.3) is 12.2 Å². The minimum Gasteiger partial charge on any atom is -0.496 e. The van der Waals surface area contributed by atoms with Gasteiger partial charge in [-0.2, -0.15) is 0 Å². The molecule has 2 aromatic rings. The van der Waals surface area contributed by atoms with Gasteiger partial charge in [0.2, 0.25) is 0 Å². The number of hydrogen-bond acceptors (Lipinski definition) is 2. The molecular formula is C19H21ClOS. The Hall–Kier alpha value is -1.38. The summed E-state index contributed by atoms with van der Waals surface area (Å²) in [6, 6.07) is 12.3. The van der Waals surface area contributed by atoms with Gasteiger partial charge in [-0.15, -0.1) is 11.8 Å². The molecule has 0 spiro atoms. The van der Waals surface area contributed by atoms with Crippen LogP contribution in [0, 0.1) is 0 Å². The Balaban J connectivity index is 2.33. The zero-order valence-electron chi connectivity index (χ0n) is 13.2. The van der Waals surface area contributed by atoms with Gasteiger partial charge in [-0.05, 0) is 48.1 Å². The first kappa shape index (κ1) is 17.0. The van der Waals surface area contributed by atoms with Gasteiger partial charge in [0, 0.05) is 15.5 Å². The van der Waals surface area contributed by atoms with E-state index in [0.29, 0.717) is 0 Å². The highest BCUT2D eigenvalue weighted by atomic mass is 35.5. The molecule has 2 rings (SSSR count). The van der Waals surface area contributed by atoms with Crippen LogP contribution < -0.4 is 4.74 Å². The van der Waals surface area contributed by atoms with E-state index in [-0.39, 0.29) is 0 Å². The molecule has 0 saturated carbocycles. The summed E-state index contributed by atoms with van der Waals surface area (Å²) >= 11 is 8.02. The Labute approximate surface area is 142 Å². The molecule has 0 heterocycles. The van der Waals surface area contributed by atoms with Gasteiger partial charge in [0.1, 0.15) is 5.75 Å². The van der Waals surface area contributed by atoms with Gasteiger partial charge in [0.25, 0.3) is 0 Å². The third-order valence-corrected chi connectivity index (χ3v) is 4.62. The van der Waals surface area contributed by atoms with Crippen molar-refractivity contribution >= 4 is 35.5 Å². The van der Waals surface area contributed by atoms with Crippen molar-refractivity contribution in [3.63, 3.8) is 0 Å². The molecule has 0 fully saturated rings. The number of aryl methyl sites for hydroxylation is 1. The molecule has 0 radical (unpaired) electrons. The predicted molar refractivity (Wildman–Crippen MR) is 99.2 cm³/mol. The topological polar surface area (TPSA) is 9.23 Å². The molecule has 0 N–H and O–H groups in total. The van der Waals surface area contributed by atoms with Crippen molar-refractivity contribution in [2.45, 2.75) is 24.7 Å². The van der Waals surface area contributed by atoms with E-state index in [0.717, 1.165) is 34.7 Å². The van der Waals surface area contributed by atoms with Crippen LogP contribution in [0.15, 0.2) is 41.3 Å². The van der Waals surface area contributed by atoms with Crippen molar-refractivity contribution in [2.24, 2.45) is 0 Å². The van der Waals surface area contributed by atoms with Crippen molar-refractivity contribution in [2.75, 3.05) is 13.4 Å². The number of benzene rings is 2. The second-order valence-corrected chi connectivity index (χ2v) is 6.27. The minimum atomic E-state index is 0.783. The van der Waals surface area contributed by atoms with Gasteiger partial charge in [-0.3, -0.25) is 0 Å². The summed E-state index contributed by atoms with van der Waals surface area (Å²) in [6.07, 6.45) is 8.39. The van der Waals surface area contributed by atoms with Crippen LogP contribution in [-0.4, -0.2) is 13.4 Å². The van der Waals surface area contributed by atoms with E-state index in [1.54, 1.807) is 18.9 Å². The van der Waals surface area contributed by atoms with Gasteiger partial charge >= 0.3 is 0 Å². The number of methoxy groups -OCH3 is 1. The quantitative estimate of drug-likeness (QED) is 0.460. The monoisotopic (exact) mass is 332 g/mol. The van der Waals surface area contributed by atoms with E-state index in [9.17, 15) is 0 Å². The Morgan fingerprint density at radius 1 is 1.18 bits per heavy atom. The zero-order chi connectivity index (χ0) is 15.9. The number of rotatable bonds is 6. The van der Waals surface area contributed by atoms with Crippen LogP contribution in [0.5, 0.6) is 5.75 Å². The van der Waals surface area contributed by atoms with E-state index in [1.807, 2.05) is 18.2 Å². The fourth-order valence-corrected chi connectivity index (χ4v) is 3.31. The zero-order valence-corrected chi connectivity index (χ0v) is 14.8. The fraction of sp³-hybridized carbons (Fsp3) is 0.263. The van der Waals surface area contributed by atoms with Crippen molar-refractivity contribution in [3.8, 4) is 5.75 Å². The molecule has 22 heavy (non-hydrogen) atoms. The molecule has 1 nitrogen and oxygen atoms in total. The van der Waals surface area contributed by atoms with Crippen LogP contribution >= 0.6 is 23.4 Å². The number of hydrogen-bond donors (Lipinski definition) is 0. The molecule has 0 atom stereocenters. The van der Waals surface area contributed by atoms with E-state index in [2.05, 4.69) is 43.5 Å². The van der Waals surface area contributed by atoms with Crippen LogP contribution in [0.2, 0.25) is 5.02 Å². The normalized spacial score (nSPS) is 11.1. The van der Waals surface area contributed by atoms with Gasteiger partial charge in [-0.1, -0.05) is 49.2 Å². The maximum Gasteiger partial charge on any atom is 0.122 e. The number of thioether (sulfide) groups is 1. The van der Waals surface area contributed by atoms with Crippen LogP contribution in [0.3, 0.4) is 0 Å². The Morgan fingerprint density at radius 2 is 2.00 bits per heavy atom. The number of halogens is 1. The molecule has 0 amide bonds. The smallest absolute Gasteiger partial charge is 0.122 e. The first-order valence-electron chi connectivity index (χ1n) is 7.37. The third kappa shape index (κ3) is 4.08. The first-order chi connectivity index (χ1) is 10.7. The second kappa shape index (κ2) is 8.30. The summed E-state index contributed by atoms with van der Waals surface area (Å²) in [5, 5.41) is 0.783. The summed E-state index contributed by atoms with van der Waals surface area (Å²) in [7, 11) is 1.72. The lowest BCUT2D eigenvalue weighted by Gasteiger charge is -2.09. The summed E-state index contributed by atoms with van der Waals surface area (Å²) in [5.41, 5.74) is 3.48. The van der Waals surface area contributed by atoms with E-state index < -0.39 is 0 Å². The molecule has 0 aliphatic carbocycles. The second-order valence-electron chi connectivity index (χ2n) is 5.01. The molecule has 0 unspecified atom stereocenters. The van der Waals surface area contributed by atoms with E-state index in [1.165, 1.54) is 10.5 Å². The fourth-order valence-electron chi connectivity index (χ4n) is 2.40. The van der Waals surface area contributed by atoms with Gasteiger partial charge in [0.05, 0.1) is 7.11 Å². The largest absolute Gasteiger partial charge is 0.496 e. The van der Waals surface area contributed by atoms with Crippen LogP contribution in [0.4, 0.5) is 0 Å². The lowest BCUT2D eigenvalue weighted by molar-refractivity contribution is 0.409. The summed E-state index contributed by atoms with van der Waals surface area (Å²) in [4.78, 5) is 1.19. The van der Waals surface area contributed by atoms with Crippen LogP contribution in [-0.2, 0) is 6.42 Å². The van der Waals surface area contributed by atoms with Gasteiger partial charge in [0.15, 0.2) is 0 Å². The molecular weight excluding hydrogens is 312 g/mol. The summed E-state index contributed by atoms with van der Waals surface area (Å²) < 4.78 is 5.42. The Kier molecular flexibility index (Phi) is 6.41. The van der Waals surface area contributed by atoms with Crippen molar-refractivity contribution in [1.82, 2.24) is 0 Å². The van der Waals surface area contributed by atoms with Crippen molar-refractivity contribution in [3.05, 3.63) is 58.1 Å².